The van der Waals surface area contributed by atoms with Crippen molar-refractivity contribution in [2.75, 3.05) is 0 Å². The Labute approximate surface area is 369 Å². The first-order valence-electron chi connectivity index (χ1n) is 21.8. The summed E-state index contributed by atoms with van der Waals surface area (Å²) in [4.78, 5) is 0. The van der Waals surface area contributed by atoms with E-state index in [0.717, 1.165) is 12.1 Å². The predicted octanol–water partition coefficient (Wildman–Crippen LogP) is 16.8. The molecule has 1 aliphatic carbocycles. The van der Waals surface area contributed by atoms with Crippen molar-refractivity contribution in [3.63, 3.8) is 0 Å². The van der Waals surface area contributed by atoms with Crippen LogP contribution in [0, 0.1) is 0 Å². The molecule has 0 N–H and O–H groups in total. The molecule has 3 heteroatoms. The molecule has 9 aromatic carbocycles. The zero-order chi connectivity index (χ0) is 41.4. The lowest BCUT2D eigenvalue weighted by molar-refractivity contribution is 0.854. The van der Waals surface area contributed by atoms with Gasteiger partial charge in [0.25, 0.3) is 0 Å². The van der Waals surface area contributed by atoms with Crippen LogP contribution in [0.15, 0.2) is 224 Å². The molecule has 0 saturated carbocycles. The molecule has 0 bridgehead atoms. The number of thiophene rings is 1. The van der Waals surface area contributed by atoms with Crippen LogP contribution >= 0.6 is 11.3 Å². The van der Waals surface area contributed by atoms with Gasteiger partial charge in [-0.3, -0.25) is 0 Å². The minimum absolute atomic E-state index is 0.429. The van der Waals surface area contributed by atoms with Gasteiger partial charge in [0.05, 0.1) is 22.1 Å². The summed E-state index contributed by atoms with van der Waals surface area (Å²) in [5.74, 6) is 0.429. The molecule has 0 aliphatic heterocycles. The van der Waals surface area contributed by atoms with E-state index in [2.05, 4.69) is 234 Å². The van der Waals surface area contributed by atoms with Crippen molar-refractivity contribution in [3.05, 3.63) is 230 Å². The number of para-hydroxylation sites is 2. The Balaban J connectivity index is 0.891. The SMILES string of the molecule is C1=CCC(c2cccc(-c3cccc(-c4cccc(-c5ccc6c(c5)c5ccccc5n6-c5ccc6c(c5)c5ccccc5n6-c5ccc6sc7ccccc7c6c5)c4)c3)c2)C=C1. The Bertz CT molecular complexity index is 3850. The molecule has 0 fully saturated rings. The monoisotopic (exact) mass is 820 g/mol. The lowest BCUT2D eigenvalue weighted by Crippen LogP contribution is -1.96. The first kappa shape index (κ1) is 36.0. The average Bonchev–Trinajstić information content (AvgIpc) is 4.01. The van der Waals surface area contributed by atoms with Gasteiger partial charge in [-0.05, 0) is 124 Å². The molecule has 0 saturated heterocycles. The van der Waals surface area contributed by atoms with E-state index in [1.807, 2.05) is 11.3 Å². The lowest BCUT2D eigenvalue weighted by Gasteiger charge is -2.15. The summed E-state index contributed by atoms with van der Waals surface area (Å²) in [5, 5.41) is 7.62. The van der Waals surface area contributed by atoms with E-state index in [1.54, 1.807) is 0 Å². The Morgan fingerprint density at radius 1 is 0.349 bits per heavy atom. The fraction of sp³-hybridized carbons (Fsp3) is 0.0333. The van der Waals surface area contributed by atoms with Crippen molar-refractivity contribution in [2.45, 2.75) is 12.3 Å². The number of fused-ring (bicyclic) bond motifs is 9. The van der Waals surface area contributed by atoms with Crippen LogP contribution in [-0.2, 0) is 0 Å². The van der Waals surface area contributed by atoms with Gasteiger partial charge in [-0.25, -0.2) is 0 Å². The predicted molar refractivity (Wildman–Crippen MR) is 270 cm³/mol. The minimum atomic E-state index is 0.429. The molecule has 0 spiro atoms. The highest BCUT2D eigenvalue weighted by molar-refractivity contribution is 7.25. The molecule has 2 nitrogen and oxygen atoms in total. The molecular weight excluding hydrogens is 781 g/mol. The number of allylic oxidation sites excluding steroid dienone is 4. The van der Waals surface area contributed by atoms with Crippen molar-refractivity contribution in [3.8, 4) is 44.8 Å². The molecule has 3 heterocycles. The van der Waals surface area contributed by atoms with Crippen molar-refractivity contribution in [1.29, 1.82) is 0 Å². The van der Waals surface area contributed by atoms with Gasteiger partial charge in [0.2, 0.25) is 0 Å². The summed E-state index contributed by atoms with van der Waals surface area (Å²) < 4.78 is 7.53. The van der Waals surface area contributed by atoms with Crippen LogP contribution in [-0.4, -0.2) is 9.13 Å². The second kappa shape index (κ2) is 14.4. The standard InChI is InChI=1S/C60H40N2S/c1-2-13-39(14-3-1)40-15-10-16-41(33-40)42-17-11-18-43(34-42)44-19-12-20-45(35-44)46-27-30-57-52(36-46)49-21-4-7-24-55(49)61(57)47-28-31-58-53(37-47)50-22-5-8-25-56(50)62(58)48-29-32-60-54(38-48)51-23-6-9-26-59(51)63-60/h1-13,15-39H,14H2. The third-order valence-electron chi connectivity index (χ3n) is 13.2. The Morgan fingerprint density at radius 2 is 0.857 bits per heavy atom. The molecule has 1 atom stereocenters. The van der Waals surface area contributed by atoms with Gasteiger partial charge in [-0.1, -0.05) is 146 Å². The number of rotatable bonds is 6. The van der Waals surface area contributed by atoms with Crippen LogP contribution in [0.5, 0.6) is 0 Å². The van der Waals surface area contributed by atoms with Gasteiger partial charge in [-0.2, -0.15) is 0 Å². The molecule has 12 aromatic rings. The fourth-order valence-electron chi connectivity index (χ4n) is 10.2. The normalized spacial score (nSPS) is 14.0. The quantitative estimate of drug-likeness (QED) is 0.158. The number of nitrogens with zero attached hydrogens (tertiary/aromatic N) is 2. The number of benzene rings is 9. The van der Waals surface area contributed by atoms with E-state index in [1.165, 1.54) is 108 Å². The summed E-state index contributed by atoms with van der Waals surface area (Å²) in [6.07, 6.45) is 9.93. The highest BCUT2D eigenvalue weighted by atomic mass is 32.1. The van der Waals surface area contributed by atoms with Crippen molar-refractivity contribution >= 4 is 75.1 Å². The molecule has 0 radical (unpaired) electrons. The van der Waals surface area contributed by atoms with Crippen LogP contribution in [0.4, 0.5) is 0 Å². The second-order valence-electron chi connectivity index (χ2n) is 16.9. The summed E-state index contributed by atoms with van der Waals surface area (Å²) in [7, 11) is 0. The van der Waals surface area contributed by atoms with Crippen LogP contribution < -0.4 is 0 Å². The van der Waals surface area contributed by atoms with Crippen LogP contribution in [0.1, 0.15) is 17.9 Å². The first-order valence-corrected chi connectivity index (χ1v) is 22.7. The third kappa shape index (κ3) is 5.92. The highest BCUT2D eigenvalue weighted by Crippen LogP contribution is 2.41. The Morgan fingerprint density at radius 3 is 1.52 bits per heavy atom. The van der Waals surface area contributed by atoms with Gasteiger partial charge in [0.1, 0.15) is 0 Å². The smallest absolute Gasteiger partial charge is 0.0542 e. The van der Waals surface area contributed by atoms with E-state index < -0.39 is 0 Å². The van der Waals surface area contributed by atoms with Gasteiger partial charge in [0.15, 0.2) is 0 Å². The fourth-order valence-corrected chi connectivity index (χ4v) is 11.3. The minimum Gasteiger partial charge on any atom is -0.309 e. The summed E-state index contributed by atoms with van der Waals surface area (Å²) in [5.41, 5.74) is 15.9. The van der Waals surface area contributed by atoms with Crippen molar-refractivity contribution in [2.24, 2.45) is 0 Å². The molecule has 13 rings (SSSR count). The first-order chi connectivity index (χ1) is 31.2. The number of aromatic nitrogens is 2. The number of hydrogen-bond acceptors (Lipinski definition) is 1. The molecule has 296 valence electrons. The molecule has 1 unspecified atom stereocenters. The lowest BCUT2D eigenvalue weighted by atomic mass is 9.90. The van der Waals surface area contributed by atoms with Crippen LogP contribution in [0.2, 0.25) is 0 Å². The zero-order valence-corrected chi connectivity index (χ0v) is 35.3. The number of hydrogen-bond donors (Lipinski definition) is 0. The van der Waals surface area contributed by atoms with Gasteiger partial charge in [0, 0.05) is 59.0 Å². The topological polar surface area (TPSA) is 9.86 Å². The van der Waals surface area contributed by atoms with E-state index in [9.17, 15) is 0 Å². The van der Waals surface area contributed by atoms with E-state index >= 15 is 0 Å². The van der Waals surface area contributed by atoms with Gasteiger partial charge < -0.3 is 9.13 Å². The average molecular weight is 821 g/mol. The van der Waals surface area contributed by atoms with E-state index in [-0.39, 0.29) is 0 Å². The third-order valence-corrected chi connectivity index (χ3v) is 14.4. The van der Waals surface area contributed by atoms with Crippen molar-refractivity contribution in [1.82, 2.24) is 9.13 Å². The Hall–Kier alpha value is -7.72. The Kier molecular flexibility index (Phi) is 8.25. The zero-order valence-electron chi connectivity index (χ0n) is 34.4. The maximum Gasteiger partial charge on any atom is 0.0542 e. The van der Waals surface area contributed by atoms with Crippen LogP contribution in [0.25, 0.3) is 109 Å². The van der Waals surface area contributed by atoms with Crippen LogP contribution in [0.3, 0.4) is 0 Å². The molecule has 0 amide bonds. The summed E-state index contributed by atoms with van der Waals surface area (Å²) in [6.45, 7) is 0. The second-order valence-corrected chi connectivity index (χ2v) is 17.9. The summed E-state index contributed by atoms with van der Waals surface area (Å²) >= 11 is 1.86. The molecule has 1 aliphatic rings. The van der Waals surface area contributed by atoms with Gasteiger partial charge >= 0.3 is 0 Å². The van der Waals surface area contributed by atoms with Gasteiger partial charge in [-0.15, -0.1) is 11.3 Å². The summed E-state index contributed by atoms with van der Waals surface area (Å²) in [6, 6.07) is 74.4. The largest absolute Gasteiger partial charge is 0.309 e. The van der Waals surface area contributed by atoms with E-state index in [0.29, 0.717) is 5.92 Å². The highest BCUT2D eigenvalue weighted by Gasteiger charge is 2.18. The molecular formula is C60H40N2S. The molecule has 63 heavy (non-hydrogen) atoms. The van der Waals surface area contributed by atoms with Crippen molar-refractivity contribution < 1.29 is 0 Å². The molecule has 3 aromatic heterocycles. The van der Waals surface area contributed by atoms with E-state index in [4.69, 9.17) is 0 Å². The maximum atomic E-state index is 2.45. The maximum absolute atomic E-state index is 2.45.